The van der Waals surface area contributed by atoms with Gasteiger partial charge in [0.15, 0.2) is 0 Å². The topological polar surface area (TPSA) is 52.6 Å². The monoisotopic (exact) mass is 186 g/mol. The number of hydrogen-bond acceptors (Lipinski definition) is 3. The Kier molecular flexibility index (Phi) is 2.93. The summed E-state index contributed by atoms with van der Waals surface area (Å²) in [5.41, 5.74) is 2.98. The molecule has 0 aromatic carbocycles. The van der Waals surface area contributed by atoms with Crippen LogP contribution in [0.3, 0.4) is 0 Å². The van der Waals surface area contributed by atoms with Gasteiger partial charge in [-0.25, -0.2) is 5.43 Å². The second-order valence-electron chi connectivity index (χ2n) is 4.36. The van der Waals surface area contributed by atoms with Crippen molar-refractivity contribution in [2.45, 2.75) is 45.3 Å². The number of carbonyl (C=O) groups is 1. The Morgan fingerprint density at radius 1 is 1.69 bits per heavy atom. The molecule has 1 saturated heterocycles. The summed E-state index contributed by atoms with van der Waals surface area (Å²) in [4.78, 5) is 11.4. The van der Waals surface area contributed by atoms with Gasteiger partial charge in [0, 0.05) is 18.5 Å². The first kappa shape index (κ1) is 10.5. The second-order valence-corrected chi connectivity index (χ2v) is 4.36. The van der Waals surface area contributed by atoms with Gasteiger partial charge in [0.2, 0.25) is 5.91 Å². The quantitative estimate of drug-likeness (QED) is 0.665. The van der Waals surface area contributed by atoms with Crippen molar-refractivity contribution in [1.29, 1.82) is 0 Å². The molecule has 0 aromatic heterocycles. The number of nitrogens with zero attached hydrogens (tertiary/aromatic N) is 1. The molecule has 0 saturated carbocycles. The maximum absolute atomic E-state index is 11.4. The molecular weight excluding hydrogens is 168 g/mol. The fraction of sp³-hybridized carbons (Fsp3) is 0.889. The van der Waals surface area contributed by atoms with E-state index < -0.39 is 0 Å². The highest BCUT2D eigenvalue weighted by molar-refractivity contribution is 5.79. The van der Waals surface area contributed by atoms with Crippen molar-refractivity contribution in [3.63, 3.8) is 0 Å². The van der Waals surface area contributed by atoms with Gasteiger partial charge in [0.25, 0.3) is 0 Å². The molecule has 1 unspecified atom stereocenters. The van der Waals surface area contributed by atoms with Crippen LogP contribution in [0, 0.1) is 0 Å². The summed E-state index contributed by atoms with van der Waals surface area (Å²) in [7, 11) is 0. The third-order valence-corrected chi connectivity index (χ3v) is 2.10. The Labute approximate surface area is 78.9 Å². The number of nitrogens with one attached hydrogen (secondary N) is 1. The molecule has 0 spiro atoms. The van der Waals surface area contributed by atoms with E-state index in [0.29, 0.717) is 19.4 Å². The highest BCUT2D eigenvalue weighted by atomic mass is 16.3. The van der Waals surface area contributed by atoms with Crippen molar-refractivity contribution in [3.8, 4) is 0 Å². The summed E-state index contributed by atoms with van der Waals surface area (Å²) in [6.07, 6.45) is 0.806. The van der Waals surface area contributed by atoms with E-state index in [1.54, 1.807) is 11.9 Å². The van der Waals surface area contributed by atoms with E-state index in [0.717, 1.165) is 0 Å². The van der Waals surface area contributed by atoms with Crippen molar-refractivity contribution in [1.82, 2.24) is 10.4 Å². The third-order valence-electron chi connectivity index (χ3n) is 2.10. The molecular formula is C9H18N2O2. The predicted molar refractivity (Wildman–Crippen MR) is 49.8 cm³/mol. The molecule has 13 heavy (non-hydrogen) atoms. The average molecular weight is 186 g/mol. The van der Waals surface area contributed by atoms with Gasteiger partial charge in [-0.15, -0.1) is 0 Å². The molecule has 1 rings (SSSR count). The van der Waals surface area contributed by atoms with E-state index in [1.165, 1.54) is 0 Å². The van der Waals surface area contributed by atoms with Crippen LogP contribution in [0.25, 0.3) is 0 Å². The third kappa shape index (κ3) is 2.97. The summed E-state index contributed by atoms with van der Waals surface area (Å²) in [6.45, 7) is 6.30. The zero-order valence-corrected chi connectivity index (χ0v) is 8.50. The van der Waals surface area contributed by atoms with Crippen molar-refractivity contribution in [2.75, 3.05) is 6.54 Å². The fourth-order valence-electron chi connectivity index (χ4n) is 1.44. The Morgan fingerprint density at radius 3 is 2.69 bits per heavy atom. The first-order valence-corrected chi connectivity index (χ1v) is 4.67. The van der Waals surface area contributed by atoms with Gasteiger partial charge >= 0.3 is 0 Å². The Balaban J connectivity index is 2.40. The minimum Gasteiger partial charge on any atom is -0.393 e. The summed E-state index contributed by atoms with van der Waals surface area (Å²) < 4.78 is 0. The van der Waals surface area contributed by atoms with Crippen LogP contribution in [-0.2, 0) is 4.79 Å². The lowest BCUT2D eigenvalue weighted by Crippen LogP contribution is -2.43. The van der Waals surface area contributed by atoms with Crippen molar-refractivity contribution in [3.05, 3.63) is 0 Å². The van der Waals surface area contributed by atoms with Crippen LogP contribution in [0.4, 0.5) is 0 Å². The van der Waals surface area contributed by atoms with Gasteiger partial charge in [-0.05, 0) is 27.2 Å². The molecule has 0 radical (unpaired) electrons. The molecule has 0 aromatic rings. The normalized spacial score (nSPS) is 23.7. The first-order chi connectivity index (χ1) is 5.91. The Bertz CT molecular complexity index is 202. The van der Waals surface area contributed by atoms with Gasteiger partial charge in [-0.2, -0.15) is 0 Å². The number of aliphatic hydroxyl groups is 1. The van der Waals surface area contributed by atoms with E-state index >= 15 is 0 Å². The van der Waals surface area contributed by atoms with Crippen LogP contribution < -0.4 is 5.43 Å². The van der Waals surface area contributed by atoms with E-state index in [1.807, 2.05) is 13.8 Å². The maximum Gasteiger partial charge on any atom is 0.238 e. The SMILES string of the molecule is CC(O)CCN1NC(C)(C)CC1=O. The molecule has 1 fully saturated rings. The van der Waals surface area contributed by atoms with Crippen molar-refractivity contribution >= 4 is 5.91 Å². The molecule has 2 N–H and O–H groups in total. The number of hydrogen-bond donors (Lipinski definition) is 2. The summed E-state index contributed by atoms with van der Waals surface area (Å²) >= 11 is 0. The number of aliphatic hydroxyl groups excluding tert-OH is 1. The number of carbonyl (C=O) groups excluding carboxylic acids is 1. The fourth-order valence-corrected chi connectivity index (χ4v) is 1.44. The van der Waals surface area contributed by atoms with Crippen molar-refractivity contribution < 1.29 is 9.90 Å². The lowest BCUT2D eigenvalue weighted by atomic mass is 10.0. The minimum absolute atomic E-state index is 0.116. The van der Waals surface area contributed by atoms with E-state index in [9.17, 15) is 4.79 Å². The van der Waals surface area contributed by atoms with Crippen LogP contribution in [-0.4, -0.2) is 34.2 Å². The van der Waals surface area contributed by atoms with Gasteiger partial charge in [-0.1, -0.05) is 0 Å². The minimum atomic E-state index is -0.349. The molecule has 1 heterocycles. The van der Waals surface area contributed by atoms with Crippen LogP contribution in [0.15, 0.2) is 0 Å². The molecule has 0 aliphatic carbocycles. The van der Waals surface area contributed by atoms with Crippen LogP contribution >= 0.6 is 0 Å². The molecule has 1 amide bonds. The van der Waals surface area contributed by atoms with Crippen LogP contribution in [0.5, 0.6) is 0 Å². The average Bonchev–Trinajstić information content (AvgIpc) is 2.20. The van der Waals surface area contributed by atoms with Gasteiger partial charge in [0.05, 0.1) is 6.10 Å². The van der Waals surface area contributed by atoms with Gasteiger partial charge < -0.3 is 5.11 Å². The maximum atomic E-state index is 11.4. The first-order valence-electron chi connectivity index (χ1n) is 4.67. The number of hydrazine groups is 1. The van der Waals surface area contributed by atoms with Gasteiger partial charge in [-0.3, -0.25) is 9.80 Å². The Hall–Kier alpha value is -0.610. The Morgan fingerprint density at radius 2 is 2.31 bits per heavy atom. The highest BCUT2D eigenvalue weighted by Crippen LogP contribution is 2.18. The molecule has 76 valence electrons. The zero-order chi connectivity index (χ0) is 10.1. The lowest BCUT2D eigenvalue weighted by Gasteiger charge is -2.22. The second kappa shape index (κ2) is 3.64. The zero-order valence-electron chi connectivity index (χ0n) is 8.50. The summed E-state index contributed by atoms with van der Waals surface area (Å²) in [5, 5.41) is 10.7. The highest BCUT2D eigenvalue weighted by Gasteiger charge is 2.34. The molecule has 1 atom stereocenters. The smallest absolute Gasteiger partial charge is 0.238 e. The number of rotatable bonds is 3. The molecule has 1 aliphatic rings. The predicted octanol–water partition coefficient (Wildman–Crippen LogP) is 0.273. The molecule has 4 nitrogen and oxygen atoms in total. The molecule has 4 heteroatoms. The number of amides is 1. The standard InChI is InChI=1S/C9H18N2O2/c1-7(12)4-5-11-8(13)6-9(2,3)10-11/h7,10,12H,4-6H2,1-3H3. The molecule has 1 aliphatic heterocycles. The summed E-state index contributed by atoms with van der Waals surface area (Å²) in [6, 6.07) is 0. The summed E-state index contributed by atoms with van der Waals surface area (Å²) in [5.74, 6) is 0.116. The molecule has 0 bridgehead atoms. The van der Waals surface area contributed by atoms with Crippen LogP contribution in [0.2, 0.25) is 0 Å². The van der Waals surface area contributed by atoms with Crippen LogP contribution in [0.1, 0.15) is 33.6 Å². The van der Waals surface area contributed by atoms with Gasteiger partial charge in [0.1, 0.15) is 0 Å². The lowest BCUT2D eigenvalue weighted by molar-refractivity contribution is -0.129. The van der Waals surface area contributed by atoms with E-state index in [-0.39, 0.29) is 17.6 Å². The largest absolute Gasteiger partial charge is 0.393 e. The van der Waals surface area contributed by atoms with E-state index in [2.05, 4.69) is 5.43 Å². The van der Waals surface area contributed by atoms with E-state index in [4.69, 9.17) is 5.11 Å². The van der Waals surface area contributed by atoms with Crippen molar-refractivity contribution in [2.24, 2.45) is 0 Å².